The molecule has 0 N–H and O–H groups in total. The average molecular weight is 451 g/mol. The minimum absolute atomic E-state index is 0.313. The van der Waals surface area contributed by atoms with Crippen LogP contribution in [0.15, 0.2) is 65.6 Å². The van der Waals surface area contributed by atoms with Gasteiger partial charge in [-0.2, -0.15) is 9.40 Å². The van der Waals surface area contributed by atoms with Gasteiger partial charge in [-0.3, -0.25) is 4.90 Å². The Kier molecular flexibility index (Phi) is 5.88. The van der Waals surface area contributed by atoms with Crippen LogP contribution in [0.5, 0.6) is 0 Å². The molecule has 7 heteroatoms. The predicted molar refractivity (Wildman–Crippen MR) is 125 cm³/mol. The summed E-state index contributed by atoms with van der Waals surface area (Å²) in [4.78, 5) is 2.76. The van der Waals surface area contributed by atoms with Crippen molar-refractivity contribution in [2.24, 2.45) is 5.92 Å². The van der Waals surface area contributed by atoms with E-state index < -0.39 is 10.0 Å². The molecule has 168 valence electrons. The van der Waals surface area contributed by atoms with Crippen LogP contribution in [-0.2, 0) is 29.5 Å². The van der Waals surface area contributed by atoms with Gasteiger partial charge in [0.15, 0.2) is 0 Å². The lowest BCUT2D eigenvalue weighted by Crippen LogP contribution is -2.34. The number of para-hydroxylation sites is 1. The zero-order valence-corrected chi connectivity index (χ0v) is 19.3. The average Bonchev–Trinajstić information content (AvgIpc) is 3.59. The molecule has 0 radical (unpaired) electrons. The number of hydrogen-bond donors (Lipinski definition) is 0. The summed E-state index contributed by atoms with van der Waals surface area (Å²) in [5, 5.41) is 4.99. The van der Waals surface area contributed by atoms with Gasteiger partial charge < -0.3 is 0 Å². The van der Waals surface area contributed by atoms with E-state index in [1.165, 1.54) is 11.3 Å². The van der Waals surface area contributed by atoms with E-state index in [0.29, 0.717) is 23.9 Å². The molecule has 1 saturated carbocycles. The van der Waals surface area contributed by atoms with E-state index in [4.69, 9.17) is 5.10 Å². The van der Waals surface area contributed by atoms with Crippen molar-refractivity contribution in [3.63, 3.8) is 0 Å². The van der Waals surface area contributed by atoms with E-state index in [9.17, 15) is 8.42 Å². The third kappa shape index (κ3) is 4.25. The SMILES string of the molecule is CCN1CCc2c(c(CN(CC3CC3)S(=O)(=O)c3ccccc3)nn2-c2ccccc2)C1. The Morgan fingerprint density at radius 1 is 1.03 bits per heavy atom. The molecule has 0 amide bonds. The molecule has 1 aliphatic heterocycles. The van der Waals surface area contributed by atoms with Crippen LogP contribution in [0.25, 0.3) is 5.69 Å². The van der Waals surface area contributed by atoms with Crippen molar-refractivity contribution in [1.82, 2.24) is 19.0 Å². The van der Waals surface area contributed by atoms with Crippen LogP contribution >= 0.6 is 0 Å². The zero-order valence-electron chi connectivity index (χ0n) is 18.5. The summed E-state index contributed by atoms with van der Waals surface area (Å²) in [6.45, 7) is 5.83. The van der Waals surface area contributed by atoms with Gasteiger partial charge in [0.05, 0.1) is 28.5 Å². The highest BCUT2D eigenvalue weighted by Gasteiger charge is 2.34. The Labute approximate surface area is 190 Å². The van der Waals surface area contributed by atoms with Crippen molar-refractivity contribution in [3.05, 3.63) is 77.6 Å². The van der Waals surface area contributed by atoms with Crippen LogP contribution in [-0.4, -0.2) is 47.0 Å². The maximum absolute atomic E-state index is 13.5. The lowest BCUT2D eigenvalue weighted by molar-refractivity contribution is 0.264. The molecule has 1 fully saturated rings. The fourth-order valence-electron chi connectivity index (χ4n) is 4.47. The first-order valence-corrected chi connectivity index (χ1v) is 12.9. The van der Waals surface area contributed by atoms with E-state index in [1.54, 1.807) is 28.6 Å². The molecule has 2 heterocycles. The van der Waals surface area contributed by atoms with Gasteiger partial charge in [-0.25, -0.2) is 13.1 Å². The monoisotopic (exact) mass is 450 g/mol. The highest BCUT2D eigenvalue weighted by Crippen LogP contribution is 2.33. The third-order valence-corrected chi connectivity index (χ3v) is 8.36. The second-order valence-electron chi connectivity index (χ2n) is 8.79. The fourth-order valence-corrected chi connectivity index (χ4v) is 5.96. The zero-order chi connectivity index (χ0) is 22.1. The van der Waals surface area contributed by atoms with Crippen LogP contribution < -0.4 is 0 Å². The fraction of sp³-hybridized carbons (Fsp3) is 0.400. The number of rotatable bonds is 8. The van der Waals surface area contributed by atoms with Gasteiger partial charge in [0, 0.05) is 31.6 Å². The van der Waals surface area contributed by atoms with Gasteiger partial charge in [-0.05, 0) is 49.6 Å². The molecule has 0 bridgehead atoms. The van der Waals surface area contributed by atoms with E-state index in [-0.39, 0.29) is 0 Å². The first-order valence-electron chi connectivity index (χ1n) is 11.5. The predicted octanol–water partition coefficient (Wildman–Crippen LogP) is 3.85. The number of aromatic nitrogens is 2. The molecule has 3 aromatic rings. The van der Waals surface area contributed by atoms with Crippen molar-refractivity contribution in [2.75, 3.05) is 19.6 Å². The minimum Gasteiger partial charge on any atom is -0.299 e. The van der Waals surface area contributed by atoms with Crippen LogP contribution in [0.4, 0.5) is 0 Å². The van der Waals surface area contributed by atoms with E-state index >= 15 is 0 Å². The largest absolute Gasteiger partial charge is 0.299 e. The molecule has 0 unspecified atom stereocenters. The quantitative estimate of drug-likeness (QED) is 0.523. The molecule has 6 nitrogen and oxygen atoms in total. The molecule has 0 spiro atoms. The van der Waals surface area contributed by atoms with Crippen LogP contribution in [0.1, 0.15) is 36.7 Å². The number of fused-ring (bicyclic) bond motifs is 1. The summed E-state index contributed by atoms with van der Waals surface area (Å²) in [6.07, 6.45) is 3.11. The molecule has 0 saturated heterocycles. The summed E-state index contributed by atoms with van der Waals surface area (Å²) < 4.78 is 30.8. The summed E-state index contributed by atoms with van der Waals surface area (Å²) in [7, 11) is -3.58. The van der Waals surface area contributed by atoms with Crippen molar-refractivity contribution in [1.29, 1.82) is 0 Å². The van der Waals surface area contributed by atoms with Crippen molar-refractivity contribution >= 4 is 10.0 Å². The molecule has 2 aliphatic rings. The lowest BCUT2D eigenvalue weighted by Gasteiger charge is -2.27. The second-order valence-corrected chi connectivity index (χ2v) is 10.7. The Balaban J connectivity index is 1.54. The summed E-state index contributed by atoms with van der Waals surface area (Å²) >= 11 is 0. The van der Waals surface area contributed by atoms with Gasteiger partial charge in [0.25, 0.3) is 0 Å². The van der Waals surface area contributed by atoms with Gasteiger partial charge in [0.2, 0.25) is 10.0 Å². The Bertz CT molecular complexity index is 1170. The third-order valence-electron chi connectivity index (χ3n) is 6.53. The van der Waals surface area contributed by atoms with Gasteiger partial charge in [0.1, 0.15) is 0 Å². The highest BCUT2D eigenvalue weighted by atomic mass is 32.2. The molecular formula is C25H30N4O2S. The minimum atomic E-state index is -3.58. The maximum atomic E-state index is 13.5. The Hall–Kier alpha value is -2.48. The molecule has 32 heavy (non-hydrogen) atoms. The summed E-state index contributed by atoms with van der Waals surface area (Å²) in [6, 6.07) is 19.0. The summed E-state index contributed by atoms with van der Waals surface area (Å²) in [5.41, 5.74) is 4.30. The Morgan fingerprint density at radius 3 is 2.38 bits per heavy atom. The first-order chi connectivity index (χ1) is 15.6. The van der Waals surface area contributed by atoms with Crippen LogP contribution in [0.3, 0.4) is 0 Å². The van der Waals surface area contributed by atoms with Gasteiger partial charge in [-0.15, -0.1) is 0 Å². The van der Waals surface area contributed by atoms with Crippen molar-refractivity contribution < 1.29 is 8.42 Å². The molecule has 0 atom stereocenters. The smallest absolute Gasteiger partial charge is 0.243 e. The summed E-state index contributed by atoms with van der Waals surface area (Å²) in [5.74, 6) is 0.452. The molecule has 1 aromatic heterocycles. The molecule has 2 aromatic carbocycles. The van der Waals surface area contributed by atoms with Crippen molar-refractivity contribution in [2.45, 2.75) is 44.2 Å². The molecular weight excluding hydrogens is 420 g/mol. The normalized spacial score (nSPS) is 16.9. The topological polar surface area (TPSA) is 58.4 Å². The molecule has 1 aliphatic carbocycles. The number of nitrogens with zero attached hydrogens (tertiary/aromatic N) is 4. The van der Waals surface area contributed by atoms with E-state index in [1.807, 2.05) is 28.9 Å². The number of hydrogen-bond acceptors (Lipinski definition) is 4. The number of likely N-dealkylation sites (N-methyl/N-ethyl adjacent to an activating group) is 1. The van der Waals surface area contributed by atoms with Gasteiger partial charge in [-0.1, -0.05) is 43.3 Å². The second kappa shape index (κ2) is 8.81. The maximum Gasteiger partial charge on any atom is 0.243 e. The Morgan fingerprint density at radius 2 is 1.72 bits per heavy atom. The van der Waals surface area contributed by atoms with Crippen molar-refractivity contribution in [3.8, 4) is 5.69 Å². The standard InChI is InChI=1S/C25H30N4O2S/c1-2-27-16-15-25-23(18-27)24(26-29(25)21-9-5-3-6-10-21)19-28(17-20-13-14-20)32(30,31)22-11-7-4-8-12-22/h3-12,20H,2,13-19H2,1H3. The van der Waals surface area contributed by atoms with Crippen LogP contribution in [0.2, 0.25) is 0 Å². The first kappa shape index (κ1) is 21.4. The van der Waals surface area contributed by atoms with E-state index in [2.05, 4.69) is 24.0 Å². The molecule has 5 rings (SSSR count). The van der Waals surface area contributed by atoms with E-state index in [0.717, 1.165) is 50.3 Å². The number of benzene rings is 2. The highest BCUT2D eigenvalue weighted by molar-refractivity contribution is 7.89. The van der Waals surface area contributed by atoms with Gasteiger partial charge >= 0.3 is 0 Å². The lowest BCUT2D eigenvalue weighted by atomic mass is 10.0. The number of sulfonamides is 1. The van der Waals surface area contributed by atoms with Crippen LogP contribution in [0, 0.1) is 5.92 Å².